The molecule has 0 bridgehead atoms. The Balaban J connectivity index is 1.01. The number of nitrogens with one attached hydrogen (secondary N) is 2. The largest absolute Gasteiger partial charge is 0.478 e. The number of imidazole rings is 1. The number of carbonyl (C=O) groups is 3. The van der Waals surface area contributed by atoms with E-state index < -0.39 is 17.7 Å². The number of aromatic carboxylic acids is 1. The molecule has 12 nitrogen and oxygen atoms in total. The van der Waals surface area contributed by atoms with Gasteiger partial charge in [0.2, 0.25) is 5.88 Å². The number of carboxylic acids is 1. The van der Waals surface area contributed by atoms with E-state index in [0.29, 0.717) is 62.5 Å². The lowest BCUT2D eigenvalue weighted by Gasteiger charge is -2.29. The average Bonchev–Trinajstić information content (AvgIpc) is 3.60. The van der Waals surface area contributed by atoms with Gasteiger partial charge in [0.05, 0.1) is 25.0 Å². The van der Waals surface area contributed by atoms with E-state index in [0.717, 1.165) is 47.7 Å². The van der Waals surface area contributed by atoms with Crippen molar-refractivity contribution in [2.45, 2.75) is 51.2 Å². The van der Waals surface area contributed by atoms with Crippen molar-refractivity contribution in [2.75, 3.05) is 26.3 Å². The number of morpholine rings is 1. The van der Waals surface area contributed by atoms with Crippen LogP contribution in [0.3, 0.4) is 0 Å². The first-order valence-electron chi connectivity index (χ1n) is 17.4. The molecule has 0 spiro atoms. The molecule has 3 N–H and O–H groups in total. The van der Waals surface area contributed by atoms with Crippen molar-refractivity contribution in [1.82, 2.24) is 29.9 Å². The molecule has 1 aliphatic heterocycles. The van der Waals surface area contributed by atoms with Gasteiger partial charge in [-0.3, -0.25) is 14.5 Å². The van der Waals surface area contributed by atoms with Crippen LogP contribution in [0.4, 0.5) is 4.39 Å². The molecule has 1 saturated heterocycles. The molecule has 5 aromatic rings. The molecule has 0 unspecified atom stereocenters. The van der Waals surface area contributed by atoms with E-state index in [2.05, 4.69) is 25.5 Å². The third-order valence-electron chi connectivity index (χ3n) is 9.60. The van der Waals surface area contributed by atoms with Gasteiger partial charge in [0, 0.05) is 43.6 Å². The number of hydrogen-bond acceptors (Lipinski definition) is 8. The first-order valence-corrected chi connectivity index (χ1v) is 17.4. The van der Waals surface area contributed by atoms with Crippen LogP contribution in [0.15, 0.2) is 79.1 Å². The van der Waals surface area contributed by atoms with E-state index in [9.17, 15) is 23.9 Å². The lowest BCUT2D eigenvalue weighted by Crippen LogP contribution is -2.44. The number of ether oxygens (including phenoxy) is 2. The van der Waals surface area contributed by atoms with Gasteiger partial charge < -0.3 is 29.6 Å². The molecule has 0 radical (unpaired) electrons. The Morgan fingerprint density at radius 1 is 0.942 bits per heavy atom. The summed E-state index contributed by atoms with van der Waals surface area (Å²) in [6.45, 7) is 5.20. The minimum Gasteiger partial charge on any atom is -0.478 e. The average molecular weight is 707 g/mol. The summed E-state index contributed by atoms with van der Waals surface area (Å²) in [4.78, 5) is 49.0. The molecular formula is C39H39FN6O6. The third-order valence-corrected chi connectivity index (χ3v) is 9.60. The zero-order valence-electron chi connectivity index (χ0n) is 28.7. The summed E-state index contributed by atoms with van der Waals surface area (Å²) in [6, 6.07) is 18.8. The highest BCUT2D eigenvalue weighted by atomic mass is 19.1. The molecule has 4 heterocycles. The van der Waals surface area contributed by atoms with Crippen molar-refractivity contribution < 1.29 is 33.4 Å². The Morgan fingerprint density at radius 2 is 1.67 bits per heavy atom. The Hall–Kier alpha value is -5.66. The van der Waals surface area contributed by atoms with E-state index in [4.69, 9.17) is 9.47 Å². The quantitative estimate of drug-likeness (QED) is 0.168. The number of carbonyl (C=O) groups excluding carboxylic acids is 2. The third kappa shape index (κ3) is 7.95. The van der Waals surface area contributed by atoms with Crippen LogP contribution in [0.2, 0.25) is 0 Å². The van der Waals surface area contributed by atoms with Gasteiger partial charge in [0.1, 0.15) is 28.5 Å². The van der Waals surface area contributed by atoms with E-state index in [-0.39, 0.29) is 35.0 Å². The predicted molar refractivity (Wildman–Crippen MR) is 190 cm³/mol. The SMILES string of the molecule is Cc1cccc2nc(C(=O)NC3CCC(NC(=O)c4cc(F)cnc4Oc4cccc(-c5ccc(C(=O)O)cc5CN5CCOCC5)c4)CC3)cn12. The van der Waals surface area contributed by atoms with Crippen molar-refractivity contribution in [1.29, 1.82) is 0 Å². The Morgan fingerprint density at radius 3 is 2.40 bits per heavy atom. The molecule has 1 saturated carbocycles. The van der Waals surface area contributed by atoms with Crippen LogP contribution in [-0.4, -0.2) is 80.5 Å². The number of amides is 2. The Labute approximate surface area is 299 Å². The molecule has 1 aliphatic carbocycles. The number of carboxylic acid groups (broad SMARTS) is 1. The van der Waals surface area contributed by atoms with Crippen LogP contribution < -0.4 is 15.4 Å². The van der Waals surface area contributed by atoms with Gasteiger partial charge in [-0.1, -0.05) is 24.3 Å². The van der Waals surface area contributed by atoms with Gasteiger partial charge >= 0.3 is 5.97 Å². The smallest absolute Gasteiger partial charge is 0.335 e. The van der Waals surface area contributed by atoms with Crippen LogP contribution in [0, 0.1) is 12.7 Å². The van der Waals surface area contributed by atoms with Crippen LogP contribution in [0.1, 0.15) is 68.1 Å². The number of halogens is 1. The van der Waals surface area contributed by atoms with Crippen molar-refractivity contribution in [3.63, 3.8) is 0 Å². The number of aryl methyl sites for hydroxylation is 1. The maximum atomic E-state index is 14.4. The van der Waals surface area contributed by atoms with E-state index in [1.807, 2.05) is 35.6 Å². The zero-order valence-corrected chi connectivity index (χ0v) is 28.7. The monoisotopic (exact) mass is 706 g/mol. The minimum atomic E-state index is -1.01. The predicted octanol–water partition coefficient (Wildman–Crippen LogP) is 5.64. The van der Waals surface area contributed by atoms with Crippen molar-refractivity contribution in [2.24, 2.45) is 0 Å². The van der Waals surface area contributed by atoms with Crippen LogP contribution in [-0.2, 0) is 11.3 Å². The summed E-state index contributed by atoms with van der Waals surface area (Å²) in [5, 5.41) is 15.7. The molecular weight excluding hydrogens is 667 g/mol. The number of benzene rings is 2. The summed E-state index contributed by atoms with van der Waals surface area (Å²) in [5.41, 5.74) is 4.67. The highest BCUT2D eigenvalue weighted by Gasteiger charge is 2.27. The number of aromatic nitrogens is 3. The van der Waals surface area contributed by atoms with Crippen LogP contribution in [0.25, 0.3) is 16.8 Å². The van der Waals surface area contributed by atoms with E-state index >= 15 is 0 Å². The van der Waals surface area contributed by atoms with Gasteiger partial charge in [-0.2, -0.15) is 0 Å². The fourth-order valence-corrected chi connectivity index (χ4v) is 6.81. The lowest BCUT2D eigenvalue weighted by atomic mass is 9.91. The highest BCUT2D eigenvalue weighted by molar-refractivity contribution is 5.96. The van der Waals surface area contributed by atoms with Gasteiger partial charge in [0.15, 0.2) is 0 Å². The standard InChI is InChI=1S/C39H39FN6O6/c1-24-4-2-7-35-44-34(23-46(24)35)37(48)43-30-11-9-29(10-12-30)42-36(47)33-20-28(40)21-41-38(33)52-31-6-3-5-25(19-31)32-13-8-26(39(49)50)18-27(32)22-45-14-16-51-17-15-45/h2-8,13,18-21,23,29-30H,9-12,14-17,22H2,1H3,(H,42,47)(H,43,48)(H,49,50). The molecule has 52 heavy (non-hydrogen) atoms. The number of rotatable bonds is 10. The van der Waals surface area contributed by atoms with Crippen molar-refractivity contribution in [3.05, 3.63) is 113 Å². The maximum Gasteiger partial charge on any atom is 0.335 e. The number of pyridine rings is 2. The fraction of sp³-hybridized carbons (Fsp3) is 0.308. The number of fused-ring (bicyclic) bond motifs is 1. The van der Waals surface area contributed by atoms with E-state index in [1.165, 1.54) is 0 Å². The lowest BCUT2D eigenvalue weighted by molar-refractivity contribution is 0.0342. The minimum absolute atomic E-state index is 0.0400. The van der Waals surface area contributed by atoms with Gasteiger partial charge in [0.25, 0.3) is 11.8 Å². The molecule has 2 amide bonds. The summed E-state index contributed by atoms with van der Waals surface area (Å²) < 4.78 is 27.9. The second-order valence-corrected chi connectivity index (χ2v) is 13.2. The van der Waals surface area contributed by atoms with Gasteiger partial charge in [-0.15, -0.1) is 0 Å². The molecule has 0 atom stereocenters. The van der Waals surface area contributed by atoms with Gasteiger partial charge in [-0.05, 0) is 91.8 Å². The summed E-state index contributed by atoms with van der Waals surface area (Å²) >= 11 is 0. The first-order chi connectivity index (χ1) is 25.2. The van der Waals surface area contributed by atoms with E-state index in [1.54, 1.807) is 42.6 Å². The highest BCUT2D eigenvalue weighted by Crippen LogP contribution is 2.32. The van der Waals surface area contributed by atoms with Crippen LogP contribution in [0.5, 0.6) is 11.6 Å². The van der Waals surface area contributed by atoms with Crippen molar-refractivity contribution >= 4 is 23.4 Å². The number of hydrogen-bond donors (Lipinski definition) is 3. The molecule has 2 aliphatic rings. The van der Waals surface area contributed by atoms with Crippen molar-refractivity contribution in [3.8, 4) is 22.8 Å². The Kier molecular flexibility index (Phi) is 10.2. The topological polar surface area (TPSA) is 147 Å². The summed E-state index contributed by atoms with van der Waals surface area (Å²) in [6.07, 6.45) is 5.28. The van der Waals surface area contributed by atoms with Crippen LogP contribution >= 0.6 is 0 Å². The molecule has 268 valence electrons. The van der Waals surface area contributed by atoms with Gasteiger partial charge in [-0.25, -0.2) is 19.2 Å². The summed E-state index contributed by atoms with van der Waals surface area (Å²) in [7, 11) is 0. The second-order valence-electron chi connectivity index (χ2n) is 13.2. The molecule has 7 rings (SSSR count). The molecule has 13 heteroatoms. The molecule has 2 fully saturated rings. The molecule has 3 aromatic heterocycles. The zero-order chi connectivity index (χ0) is 36.2. The number of nitrogens with zero attached hydrogens (tertiary/aromatic N) is 4. The first kappa shape index (κ1) is 34.8. The maximum absolute atomic E-state index is 14.4. The molecule has 2 aromatic carbocycles. The second kappa shape index (κ2) is 15.3. The normalized spacial score (nSPS) is 17.8. The Bertz CT molecular complexity index is 2120. The fourth-order valence-electron chi connectivity index (χ4n) is 6.81. The summed E-state index contributed by atoms with van der Waals surface area (Å²) in [5.74, 6) is -2.10.